The second-order valence-electron chi connectivity index (χ2n) is 8.66. The largest absolute Gasteiger partial charge is 0.455 e. The number of hydrogen-bond donors (Lipinski definition) is 0. The molecule has 0 saturated heterocycles. The first-order valence-corrected chi connectivity index (χ1v) is 10.9. The number of hydrogen-bond acceptors (Lipinski definition) is 2. The van der Waals surface area contributed by atoms with Crippen molar-refractivity contribution >= 4 is 21.9 Å². The molecule has 2 heterocycles. The number of nitrogens with zero attached hydrogens (tertiary/aromatic N) is 2. The minimum Gasteiger partial charge on any atom is -0.455 e. The number of pyridine rings is 1. The van der Waals surface area contributed by atoms with E-state index in [1.165, 1.54) is 0 Å². The molecule has 0 N–H and O–H groups in total. The van der Waals surface area contributed by atoms with Crippen molar-refractivity contribution in [3.63, 3.8) is 0 Å². The van der Waals surface area contributed by atoms with Crippen LogP contribution in [0.5, 0.6) is 0 Å². The summed E-state index contributed by atoms with van der Waals surface area (Å²) in [5, 5.41) is 11.9. The Bertz CT molecular complexity index is 1520. The molecule has 0 unspecified atom stereocenters. The lowest BCUT2D eigenvalue weighted by molar-refractivity contribution is -0.660. The van der Waals surface area contributed by atoms with Crippen molar-refractivity contribution in [1.82, 2.24) is 0 Å². The van der Waals surface area contributed by atoms with Gasteiger partial charge in [-0.1, -0.05) is 44.2 Å². The lowest BCUT2D eigenvalue weighted by Crippen LogP contribution is -2.30. The maximum absolute atomic E-state index is 9.75. The smallest absolute Gasteiger partial charge is 0.216 e. The maximum Gasteiger partial charge on any atom is 0.216 e. The fourth-order valence-corrected chi connectivity index (χ4v) is 4.78. The molecule has 0 fully saturated rings. The van der Waals surface area contributed by atoms with Gasteiger partial charge in [0.15, 0.2) is 6.20 Å². The SMILES string of the molecule is Cc1cc(-c2ccccc2)c2c(oc3c(C(C)C)c(C#N)ccc32)c1-c1cccc[n+]1C. The van der Waals surface area contributed by atoms with Crippen LogP contribution in [-0.4, -0.2) is 0 Å². The van der Waals surface area contributed by atoms with Crippen LogP contribution >= 0.6 is 0 Å². The lowest BCUT2D eigenvalue weighted by Gasteiger charge is -2.10. The Hall–Kier alpha value is -3.90. The average Bonchev–Trinajstić information content (AvgIpc) is 3.18. The number of benzene rings is 3. The zero-order valence-corrected chi connectivity index (χ0v) is 18.8. The molecule has 5 aromatic rings. The molecular formula is C29H25N2O+. The minimum absolute atomic E-state index is 0.173. The van der Waals surface area contributed by atoms with Gasteiger partial charge in [0.2, 0.25) is 5.69 Å². The fourth-order valence-electron chi connectivity index (χ4n) is 4.78. The van der Waals surface area contributed by atoms with Crippen molar-refractivity contribution in [2.24, 2.45) is 7.05 Å². The number of aromatic nitrogens is 1. The van der Waals surface area contributed by atoms with Gasteiger partial charge in [0.1, 0.15) is 18.2 Å². The van der Waals surface area contributed by atoms with Crippen LogP contribution < -0.4 is 4.57 Å². The normalized spacial score (nSPS) is 11.4. The van der Waals surface area contributed by atoms with Crippen molar-refractivity contribution in [3.8, 4) is 28.5 Å². The highest BCUT2D eigenvalue weighted by molar-refractivity contribution is 6.17. The first-order chi connectivity index (χ1) is 15.5. The van der Waals surface area contributed by atoms with E-state index in [1.807, 2.05) is 24.3 Å². The first kappa shape index (κ1) is 20.0. The summed E-state index contributed by atoms with van der Waals surface area (Å²) < 4.78 is 8.83. The number of aryl methyl sites for hydroxylation is 2. The van der Waals surface area contributed by atoms with E-state index >= 15 is 0 Å². The predicted molar refractivity (Wildman–Crippen MR) is 129 cm³/mol. The average molecular weight is 418 g/mol. The first-order valence-electron chi connectivity index (χ1n) is 10.9. The Morgan fingerprint density at radius 3 is 2.38 bits per heavy atom. The molecule has 3 aromatic carbocycles. The number of nitriles is 1. The summed E-state index contributed by atoms with van der Waals surface area (Å²) in [6, 6.07) is 25.3. The molecule has 0 saturated carbocycles. The Balaban J connectivity index is 2.02. The van der Waals surface area contributed by atoms with Crippen LogP contribution in [0.3, 0.4) is 0 Å². The van der Waals surface area contributed by atoms with E-state index in [0.29, 0.717) is 5.56 Å². The highest BCUT2D eigenvalue weighted by Crippen LogP contribution is 2.45. The molecule has 0 aliphatic rings. The monoisotopic (exact) mass is 417 g/mol. The second kappa shape index (κ2) is 7.66. The molecule has 0 bridgehead atoms. The van der Waals surface area contributed by atoms with Crippen molar-refractivity contribution in [3.05, 3.63) is 89.6 Å². The third-order valence-corrected chi connectivity index (χ3v) is 6.24. The van der Waals surface area contributed by atoms with Gasteiger partial charge >= 0.3 is 0 Å². The third kappa shape index (κ3) is 2.99. The topological polar surface area (TPSA) is 40.8 Å². The summed E-state index contributed by atoms with van der Waals surface area (Å²) in [5.74, 6) is 0.173. The van der Waals surface area contributed by atoms with E-state index in [1.54, 1.807) is 0 Å². The molecule has 0 aliphatic heterocycles. The molecule has 0 aliphatic carbocycles. The standard InChI is InChI=1S/C29H25N2O/c1-18(2)25-21(17-30)13-14-22-27-23(20-10-6-5-7-11-20)16-19(3)26(29(27)32-28(22)25)24-12-8-9-15-31(24)4/h5-16,18H,1-4H3/q+1. The van der Waals surface area contributed by atoms with Gasteiger partial charge < -0.3 is 4.42 Å². The third-order valence-electron chi connectivity index (χ3n) is 6.24. The number of rotatable bonds is 3. The molecule has 0 spiro atoms. The summed E-state index contributed by atoms with van der Waals surface area (Å²) in [5.41, 5.74) is 8.99. The summed E-state index contributed by atoms with van der Waals surface area (Å²) in [7, 11) is 2.06. The number of fused-ring (bicyclic) bond motifs is 3. The van der Waals surface area contributed by atoms with Crippen LogP contribution in [0.1, 0.15) is 36.5 Å². The molecule has 5 rings (SSSR count). The van der Waals surface area contributed by atoms with Crippen LogP contribution in [0.25, 0.3) is 44.3 Å². The van der Waals surface area contributed by atoms with E-state index in [0.717, 1.165) is 55.4 Å². The van der Waals surface area contributed by atoms with E-state index in [4.69, 9.17) is 4.42 Å². The highest BCUT2D eigenvalue weighted by Gasteiger charge is 2.25. The van der Waals surface area contributed by atoms with E-state index in [9.17, 15) is 5.26 Å². The summed E-state index contributed by atoms with van der Waals surface area (Å²) in [4.78, 5) is 0. The minimum atomic E-state index is 0.173. The molecule has 0 atom stereocenters. The molecule has 156 valence electrons. The molecule has 32 heavy (non-hydrogen) atoms. The van der Waals surface area contributed by atoms with Crippen molar-refractivity contribution in [2.45, 2.75) is 26.7 Å². The van der Waals surface area contributed by atoms with Gasteiger partial charge in [-0.2, -0.15) is 5.26 Å². The van der Waals surface area contributed by atoms with Gasteiger partial charge in [-0.05, 0) is 53.8 Å². The van der Waals surface area contributed by atoms with Crippen LogP contribution in [0.4, 0.5) is 0 Å². The molecule has 3 heteroatoms. The Morgan fingerprint density at radius 2 is 1.69 bits per heavy atom. The van der Waals surface area contributed by atoms with E-state index in [2.05, 4.69) is 87.1 Å². The van der Waals surface area contributed by atoms with Gasteiger partial charge in [-0.3, -0.25) is 0 Å². The van der Waals surface area contributed by atoms with Crippen LogP contribution in [0.15, 0.2) is 77.3 Å². The van der Waals surface area contributed by atoms with E-state index in [-0.39, 0.29) is 5.92 Å². The van der Waals surface area contributed by atoms with Crippen molar-refractivity contribution < 1.29 is 8.98 Å². The van der Waals surface area contributed by atoms with Crippen LogP contribution in [-0.2, 0) is 7.05 Å². The van der Waals surface area contributed by atoms with Gasteiger partial charge in [-0.15, -0.1) is 0 Å². The molecule has 0 radical (unpaired) electrons. The lowest BCUT2D eigenvalue weighted by atomic mass is 9.90. The quantitative estimate of drug-likeness (QED) is 0.295. The van der Waals surface area contributed by atoms with Crippen LogP contribution in [0, 0.1) is 18.3 Å². The van der Waals surface area contributed by atoms with Gasteiger partial charge in [0.25, 0.3) is 0 Å². The predicted octanol–water partition coefficient (Wildman–Crippen LogP) is 7.05. The summed E-state index contributed by atoms with van der Waals surface area (Å²) in [6.07, 6.45) is 2.06. The van der Waals surface area contributed by atoms with Gasteiger partial charge in [-0.25, -0.2) is 4.57 Å². The maximum atomic E-state index is 9.75. The van der Waals surface area contributed by atoms with Crippen molar-refractivity contribution in [2.75, 3.05) is 0 Å². The number of furan rings is 1. The van der Waals surface area contributed by atoms with Gasteiger partial charge in [0, 0.05) is 28.5 Å². The van der Waals surface area contributed by atoms with Crippen molar-refractivity contribution in [1.29, 1.82) is 5.26 Å². The molecule has 3 nitrogen and oxygen atoms in total. The Morgan fingerprint density at radius 1 is 0.938 bits per heavy atom. The van der Waals surface area contributed by atoms with Gasteiger partial charge in [0.05, 0.1) is 17.2 Å². The summed E-state index contributed by atoms with van der Waals surface area (Å²) >= 11 is 0. The zero-order chi connectivity index (χ0) is 22.4. The summed E-state index contributed by atoms with van der Waals surface area (Å²) in [6.45, 7) is 6.37. The zero-order valence-electron chi connectivity index (χ0n) is 18.8. The molecule has 2 aromatic heterocycles. The molecular weight excluding hydrogens is 392 g/mol. The van der Waals surface area contributed by atoms with E-state index < -0.39 is 0 Å². The fraction of sp³-hybridized carbons (Fsp3) is 0.172. The second-order valence-corrected chi connectivity index (χ2v) is 8.66. The highest BCUT2D eigenvalue weighted by atomic mass is 16.3. The molecule has 0 amide bonds. The van der Waals surface area contributed by atoms with Crippen LogP contribution in [0.2, 0.25) is 0 Å². The Kier molecular flexibility index (Phi) is 4.79. The Labute approximate surface area is 188 Å².